The molecule has 0 fully saturated rings. The predicted molar refractivity (Wildman–Crippen MR) is 111 cm³/mol. The Morgan fingerprint density at radius 1 is 1.00 bits per heavy atom. The number of aryl methyl sites for hydroxylation is 1. The second kappa shape index (κ2) is 7.38. The first-order valence-electron chi connectivity index (χ1n) is 9.33. The van der Waals surface area contributed by atoms with E-state index in [0.29, 0.717) is 24.7 Å². The van der Waals surface area contributed by atoms with E-state index in [1.807, 2.05) is 54.3 Å². The smallest absolute Gasteiger partial charge is 0.314 e. The minimum absolute atomic E-state index is 0.310. The molecule has 0 atom stereocenters. The van der Waals surface area contributed by atoms with Crippen LogP contribution in [0.3, 0.4) is 0 Å². The van der Waals surface area contributed by atoms with Gasteiger partial charge in [0, 0.05) is 31.5 Å². The van der Waals surface area contributed by atoms with Crippen LogP contribution < -0.4 is 20.9 Å². The second-order valence-corrected chi connectivity index (χ2v) is 7.00. The summed E-state index contributed by atoms with van der Waals surface area (Å²) in [6.07, 6.45) is 0. The van der Waals surface area contributed by atoms with Crippen LogP contribution >= 0.6 is 0 Å². The minimum Gasteiger partial charge on any atom is -0.314 e. The van der Waals surface area contributed by atoms with Crippen molar-refractivity contribution in [3.05, 3.63) is 80.9 Å². The highest BCUT2D eigenvalue weighted by Crippen LogP contribution is 2.26. The lowest BCUT2D eigenvalue weighted by Crippen LogP contribution is -2.45. The van der Waals surface area contributed by atoms with Gasteiger partial charge in [0.2, 0.25) is 11.9 Å². The molecule has 0 spiro atoms. The Balaban J connectivity index is 1.67. The van der Waals surface area contributed by atoms with Crippen LogP contribution in [0, 0.1) is 6.92 Å². The van der Waals surface area contributed by atoms with Crippen LogP contribution in [0.5, 0.6) is 0 Å². The molecule has 4 rings (SSSR count). The van der Waals surface area contributed by atoms with Crippen LogP contribution in [0.1, 0.15) is 5.56 Å². The van der Waals surface area contributed by atoms with Crippen molar-refractivity contribution in [3.63, 3.8) is 0 Å². The molecule has 0 unspecified atom stereocenters. The molecule has 0 aliphatic carbocycles. The van der Waals surface area contributed by atoms with E-state index in [4.69, 9.17) is 0 Å². The molecule has 8 nitrogen and oxygen atoms in total. The maximum absolute atomic E-state index is 12.7. The second-order valence-electron chi connectivity index (χ2n) is 7.00. The number of amides is 1. The first-order chi connectivity index (χ1) is 14.0. The molecule has 0 saturated carbocycles. The van der Waals surface area contributed by atoms with E-state index in [1.165, 1.54) is 9.47 Å². The Kier molecular flexibility index (Phi) is 4.75. The molecule has 3 aromatic rings. The molecule has 1 aliphatic rings. The minimum atomic E-state index is -0.797. The summed E-state index contributed by atoms with van der Waals surface area (Å²) in [5, 5.41) is 4.36. The highest BCUT2D eigenvalue weighted by atomic mass is 16.2. The molecule has 8 heteroatoms. The van der Waals surface area contributed by atoms with Gasteiger partial charge in [-0.2, -0.15) is 0 Å². The van der Waals surface area contributed by atoms with Crippen molar-refractivity contribution in [1.29, 1.82) is 0 Å². The van der Waals surface area contributed by atoms with Gasteiger partial charge < -0.3 is 9.80 Å². The highest BCUT2D eigenvalue weighted by molar-refractivity contribution is 5.92. The number of hydrogen-bond donors (Lipinski definition) is 0. The molecule has 0 bridgehead atoms. The molecule has 1 aliphatic heterocycles. The first kappa shape index (κ1) is 18.7. The van der Waals surface area contributed by atoms with Crippen LogP contribution in [0.15, 0.2) is 64.2 Å². The molecule has 0 radical (unpaired) electrons. The van der Waals surface area contributed by atoms with Crippen molar-refractivity contribution in [2.45, 2.75) is 20.0 Å². The Bertz CT molecular complexity index is 1170. The molecule has 148 valence electrons. The van der Waals surface area contributed by atoms with E-state index in [1.54, 1.807) is 19.2 Å². The van der Waals surface area contributed by atoms with E-state index >= 15 is 0 Å². The Labute approximate surface area is 167 Å². The number of benzene rings is 2. The van der Waals surface area contributed by atoms with Crippen LogP contribution in [0.25, 0.3) is 0 Å². The van der Waals surface area contributed by atoms with Crippen molar-refractivity contribution in [2.75, 3.05) is 23.4 Å². The van der Waals surface area contributed by atoms with Crippen LogP contribution in [-0.2, 0) is 17.9 Å². The molecule has 0 saturated heterocycles. The lowest BCUT2D eigenvalue weighted by molar-refractivity contribution is -0.119. The molecule has 2 aromatic carbocycles. The molecule has 29 heavy (non-hydrogen) atoms. The van der Waals surface area contributed by atoms with Crippen LogP contribution in [0.2, 0.25) is 0 Å². The third kappa shape index (κ3) is 3.44. The van der Waals surface area contributed by atoms with E-state index in [9.17, 15) is 14.4 Å². The number of rotatable bonds is 4. The largest absolute Gasteiger partial charge is 0.333 e. The quantitative estimate of drug-likeness (QED) is 0.630. The van der Waals surface area contributed by atoms with Crippen molar-refractivity contribution in [2.24, 2.45) is 0 Å². The van der Waals surface area contributed by atoms with Gasteiger partial charge in [-0.3, -0.25) is 19.0 Å². The summed E-state index contributed by atoms with van der Waals surface area (Å²) in [6.45, 7) is 2.60. The van der Waals surface area contributed by atoms with Crippen LogP contribution in [-0.4, -0.2) is 33.8 Å². The Morgan fingerprint density at radius 2 is 1.69 bits per heavy atom. The monoisotopic (exact) mass is 391 g/mol. The zero-order valence-electron chi connectivity index (χ0n) is 16.3. The highest BCUT2D eigenvalue weighted by Gasteiger charge is 2.26. The zero-order chi connectivity index (χ0) is 20.5. The summed E-state index contributed by atoms with van der Waals surface area (Å²) in [5.74, 6) is 0.0312. The lowest BCUT2D eigenvalue weighted by Gasteiger charge is -2.19. The fraction of sp³-hybridized carbons (Fsp3) is 0.238. The summed E-state index contributed by atoms with van der Waals surface area (Å²) in [5.41, 5.74) is 1.24. The number of anilines is 3. The summed E-state index contributed by atoms with van der Waals surface area (Å²) in [7, 11) is 1.63. The number of aromatic nitrogens is 3. The van der Waals surface area contributed by atoms with Gasteiger partial charge in [0.15, 0.2) is 0 Å². The zero-order valence-corrected chi connectivity index (χ0v) is 16.3. The van der Waals surface area contributed by atoms with E-state index in [0.717, 1.165) is 15.9 Å². The van der Waals surface area contributed by atoms with Crippen LogP contribution in [0.4, 0.5) is 17.3 Å². The van der Waals surface area contributed by atoms with Gasteiger partial charge in [-0.25, -0.2) is 4.68 Å². The number of likely N-dealkylation sites (N-methyl/N-ethyl adjacent to an activating group) is 1. The normalized spacial score (nSPS) is 12.7. The van der Waals surface area contributed by atoms with Gasteiger partial charge in [-0.1, -0.05) is 35.9 Å². The maximum atomic E-state index is 12.7. The maximum Gasteiger partial charge on any atom is 0.333 e. The topological polar surface area (TPSA) is 80.4 Å². The van der Waals surface area contributed by atoms with E-state index in [-0.39, 0.29) is 12.5 Å². The number of fused-ring (bicyclic) bond motifs is 1. The lowest BCUT2D eigenvalue weighted by atomic mass is 10.2. The van der Waals surface area contributed by atoms with E-state index in [2.05, 4.69) is 5.10 Å². The first-order valence-corrected chi connectivity index (χ1v) is 9.33. The molecule has 0 N–H and O–H groups in total. The van der Waals surface area contributed by atoms with Gasteiger partial charge in [-0.15, -0.1) is 5.10 Å². The summed E-state index contributed by atoms with van der Waals surface area (Å²) in [4.78, 5) is 41.0. The molecule has 1 amide bonds. The van der Waals surface area contributed by atoms with Gasteiger partial charge >= 0.3 is 11.1 Å². The molecule has 1 aromatic heterocycles. The van der Waals surface area contributed by atoms with Crippen molar-refractivity contribution in [1.82, 2.24) is 14.3 Å². The summed E-state index contributed by atoms with van der Waals surface area (Å²) < 4.78 is 2.33. The van der Waals surface area contributed by atoms with Gasteiger partial charge in [0.25, 0.3) is 0 Å². The number of nitrogens with zero attached hydrogens (tertiary/aromatic N) is 5. The third-order valence-electron chi connectivity index (χ3n) is 5.05. The Hall–Kier alpha value is -3.68. The third-order valence-corrected chi connectivity index (χ3v) is 5.05. The fourth-order valence-electron chi connectivity index (χ4n) is 3.33. The summed E-state index contributed by atoms with van der Waals surface area (Å²) >= 11 is 0. The predicted octanol–water partition coefficient (Wildman–Crippen LogP) is 1.53. The van der Waals surface area contributed by atoms with Gasteiger partial charge in [-0.05, 0) is 31.2 Å². The molecular formula is C21H21N5O3. The van der Waals surface area contributed by atoms with E-state index < -0.39 is 11.1 Å². The van der Waals surface area contributed by atoms with Crippen molar-refractivity contribution in [3.8, 4) is 0 Å². The standard InChI is InChI=1S/C21H21N5O3/c1-15-8-10-17(11-9-15)24-12-13-25-19(28)20(29)26(22-21(24)25)14-18(27)23(2)16-6-4-3-5-7-16/h3-11H,12-14H2,1-2H3. The van der Waals surface area contributed by atoms with Gasteiger partial charge in [0.05, 0.1) is 0 Å². The Morgan fingerprint density at radius 3 is 2.38 bits per heavy atom. The molecule has 2 heterocycles. The number of carbonyl (C=O) groups is 1. The fourth-order valence-corrected chi connectivity index (χ4v) is 3.33. The number of para-hydroxylation sites is 1. The SMILES string of the molecule is Cc1ccc(N2CCn3c2nn(CC(=O)N(C)c2ccccc2)c(=O)c3=O)cc1. The summed E-state index contributed by atoms with van der Waals surface area (Å²) in [6, 6.07) is 16.9. The average Bonchev–Trinajstić information content (AvgIpc) is 3.16. The average molecular weight is 391 g/mol. The van der Waals surface area contributed by atoms with Crippen molar-refractivity contribution >= 4 is 23.2 Å². The number of carbonyl (C=O) groups excluding carboxylic acids is 1. The van der Waals surface area contributed by atoms with Crippen molar-refractivity contribution < 1.29 is 4.79 Å². The molecular weight excluding hydrogens is 370 g/mol. The number of hydrogen-bond acceptors (Lipinski definition) is 5. The van der Waals surface area contributed by atoms with Gasteiger partial charge in [0.1, 0.15) is 6.54 Å².